The molecule has 3 aromatic rings. The summed E-state index contributed by atoms with van der Waals surface area (Å²) in [7, 11) is -2.85. The van der Waals surface area contributed by atoms with Crippen LogP contribution in [0.1, 0.15) is 25.0 Å². The third kappa shape index (κ3) is 6.09. The molecule has 2 aromatic heterocycles. The van der Waals surface area contributed by atoms with E-state index in [0.29, 0.717) is 40.9 Å². The fourth-order valence-electron chi connectivity index (χ4n) is 3.79. The molecule has 192 valence electrons. The van der Waals surface area contributed by atoms with E-state index in [0.717, 1.165) is 12.8 Å². The molecule has 4 rings (SSSR count). The zero-order valence-electron chi connectivity index (χ0n) is 19.5. The lowest BCUT2D eigenvalue weighted by atomic mass is 9.96. The van der Waals surface area contributed by atoms with Gasteiger partial charge in [0.05, 0.1) is 33.4 Å². The number of thiazole rings is 1. The maximum Gasteiger partial charge on any atom is 0.267 e. The first-order chi connectivity index (χ1) is 17.2. The van der Waals surface area contributed by atoms with Gasteiger partial charge in [-0.1, -0.05) is 40.6 Å². The van der Waals surface area contributed by atoms with Crippen molar-refractivity contribution < 1.29 is 22.7 Å². The lowest BCUT2D eigenvalue weighted by Gasteiger charge is -2.20. The first-order valence-electron chi connectivity index (χ1n) is 11.0. The number of hydrogen-bond donors (Lipinski definition) is 2. The second kappa shape index (κ2) is 11.3. The molecule has 0 saturated carbocycles. The summed E-state index contributed by atoms with van der Waals surface area (Å²) in [4.78, 5) is 21.6. The molecule has 13 heteroatoms. The minimum Gasteiger partial charge on any atom is -0.480 e. The first kappa shape index (κ1) is 26.6. The van der Waals surface area contributed by atoms with E-state index in [9.17, 15) is 13.2 Å². The van der Waals surface area contributed by atoms with Crippen LogP contribution in [0.4, 0.5) is 10.8 Å². The number of para-hydroxylation sites is 1. The first-order valence-corrected chi connectivity index (χ1v) is 14.1. The number of methoxy groups -OCH3 is 1. The molecular formula is C23H24Cl2N4O5S2. The zero-order chi connectivity index (χ0) is 25.9. The number of nitrogens with one attached hydrogen (secondary N) is 2. The number of amides is 1. The van der Waals surface area contributed by atoms with E-state index in [1.807, 2.05) is 0 Å². The lowest BCUT2D eigenvalue weighted by molar-refractivity contribution is -0.117. The molecule has 3 heterocycles. The zero-order valence-corrected chi connectivity index (χ0v) is 22.7. The van der Waals surface area contributed by atoms with Gasteiger partial charge in [-0.25, -0.2) is 18.4 Å². The predicted molar refractivity (Wildman–Crippen MR) is 141 cm³/mol. The molecular weight excluding hydrogens is 547 g/mol. The van der Waals surface area contributed by atoms with Gasteiger partial charge >= 0.3 is 0 Å². The fourth-order valence-corrected chi connectivity index (χ4v) is 6.60. The normalized spacial score (nSPS) is 14.4. The van der Waals surface area contributed by atoms with Crippen LogP contribution in [0.3, 0.4) is 0 Å². The number of carbonyl (C=O) groups excluding carboxylic acids is 1. The Labute approximate surface area is 223 Å². The van der Waals surface area contributed by atoms with Crippen LogP contribution in [0, 0.1) is 12.8 Å². The second-order valence-corrected chi connectivity index (χ2v) is 11.6. The van der Waals surface area contributed by atoms with Crippen molar-refractivity contribution in [3.63, 3.8) is 0 Å². The van der Waals surface area contributed by atoms with Crippen molar-refractivity contribution in [3.8, 4) is 16.3 Å². The summed E-state index contributed by atoms with van der Waals surface area (Å²) in [6, 6.07) is 6.09. The van der Waals surface area contributed by atoms with Gasteiger partial charge in [0.2, 0.25) is 11.8 Å². The molecule has 0 spiro atoms. The number of halogens is 2. The van der Waals surface area contributed by atoms with E-state index in [2.05, 4.69) is 20.0 Å². The Morgan fingerprint density at radius 1 is 1.25 bits per heavy atom. The summed E-state index contributed by atoms with van der Waals surface area (Å²) in [6.45, 7) is 3.12. The van der Waals surface area contributed by atoms with Gasteiger partial charge in [0.15, 0.2) is 5.13 Å². The van der Waals surface area contributed by atoms with Gasteiger partial charge < -0.3 is 14.8 Å². The Bertz CT molecular complexity index is 1350. The minimum absolute atomic E-state index is 0.0526. The van der Waals surface area contributed by atoms with E-state index in [1.165, 1.54) is 42.8 Å². The molecule has 0 bridgehead atoms. The van der Waals surface area contributed by atoms with Crippen molar-refractivity contribution in [2.75, 3.05) is 30.4 Å². The number of sulfonamides is 1. The van der Waals surface area contributed by atoms with Gasteiger partial charge in [-0.2, -0.15) is 0 Å². The van der Waals surface area contributed by atoms with Crippen LogP contribution in [0.25, 0.3) is 10.4 Å². The number of rotatable bonds is 8. The Morgan fingerprint density at radius 3 is 2.61 bits per heavy atom. The Balaban J connectivity index is 1.59. The molecule has 0 atom stereocenters. The smallest absolute Gasteiger partial charge is 0.267 e. The van der Waals surface area contributed by atoms with Crippen LogP contribution in [0.5, 0.6) is 5.88 Å². The fraction of sp³-hybridized carbons (Fsp3) is 0.348. The SMILES string of the molecule is COc1ncc(-c2sc(NC(=O)CC3CCOCC3)nc2C)cc1S(=O)(=O)Nc1c(Cl)cccc1Cl. The highest BCUT2D eigenvalue weighted by Gasteiger charge is 2.25. The quantitative estimate of drug-likeness (QED) is 0.372. The Morgan fingerprint density at radius 2 is 1.94 bits per heavy atom. The van der Waals surface area contributed by atoms with E-state index >= 15 is 0 Å². The largest absolute Gasteiger partial charge is 0.480 e. The topological polar surface area (TPSA) is 120 Å². The summed E-state index contributed by atoms with van der Waals surface area (Å²) in [5.74, 6) is 0.0812. The standard InChI is InChI=1S/C23H24Cl2N4O5S2/c1-13-21(35-23(27-13)28-19(30)10-14-6-8-34-9-7-14)15-11-18(22(33-2)26-12-15)36(31,32)29-20-16(24)4-3-5-17(20)25/h3-5,11-12,14,29H,6-10H2,1-2H3,(H,27,28,30). The molecule has 1 aliphatic heterocycles. The van der Waals surface area contributed by atoms with Crippen molar-refractivity contribution in [2.24, 2.45) is 5.92 Å². The second-order valence-electron chi connectivity index (χ2n) is 8.18. The van der Waals surface area contributed by atoms with Gasteiger partial charge in [0.1, 0.15) is 4.90 Å². The number of aromatic nitrogens is 2. The molecule has 36 heavy (non-hydrogen) atoms. The monoisotopic (exact) mass is 570 g/mol. The number of nitrogens with zero attached hydrogens (tertiary/aromatic N) is 2. The molecule has 9 nitrogen and oxygen atoms in total. The molecule has 1 fully saturated rings. The van der Waals surface area contributed by atoms with Gasteiger partial charge in [-0.05, 0) is 43.9 Å². The van der Waals surface area contributed by atoms with Crippen LogP contribution in [0.15, 0.2) is 35.4 Å². The van der Waals surface area contributed by atoms with Gasteiger partial charge in [0.25, 0.3) is 10.0 Å². The van der Waals surface area contributed by atoms with Crippen molar-refractivity contribution >= 4 is 61.3 Å². The number of carbonyl (C=O) groups is 1. The van der Waals surface area contributed by atoms with E-state index in [4.69, 9.17) is 32.7 Å². The van der Waals surface area contributed by atoms with Crippen LogP contribution in [-0.4, -0.2) is 44.6 Å². The van der Waals surface area contributed by atoms with Crippen LogP contribution >= 0.6 is 34.5 Å². The number of hydrogen-bond acceptors (Lipinski definition) is 8. The summed E-state index contributed by atoms with van der Waals surface area (Å²) in [6.07, 6.45) is 3.62. The number of ether oxygens (including phenoxy) is 2. The summed E-state index contributed by atoms with van der Waals surface area (Å²) in [5.41, 5.74) is 1.18. The number of pyridine rings is 1. The van der Waals surface area contributed by atoms with E-state index in [-0.39, 0.29) is 38.3 Å². The van der Waals surface area contributed by atoms with Crippen molar-refractivity contribution in [2.45, 2.75) is 31.1 Å². The van der Waals surface area contributed by atoms with E-state index in [1.54, 1.807) is 13.0 Å². The highest BCUT2D eigenvalue weighted by atomic mass is 35.5. The molecule has 1 aliphatic rings. The van der Waals surface area contributed by atoms with E-state index < -0.39 is 10.0 Å². The predicted octanol–water partition coefficient (Wildman–Crippen LogP) is 5.38. The van der Waals surface area contributed by atoms with Gasteiger partial charge in [-0.15, -0.1) is 0 Å². The average molecular weight is 572 g/mol. The molecule has 0 aliphatic carbocycles. The molecule has 2 N–H and O–H groups in total. The third-order valence-electron chi connectivity index (χ3n) is 5.62. The third-order valence-corrected chi connectivity index (χ3v) is 8.72. The number of aryl methyl sites for hydroxylation is 1. The minimum atomic E-state index is -4.18. The Hall–Kier alpha value is -2.44. The highest BCUT2D eigenvalue weighted by Crippen LogP contribution is 2.37. The van der Waals surface area contributed by atoms with Crippen molar-refractivity contribution in [3.05, 3.63) is 46.2 Å². The maximum absolute atomic E-state index is 13.3. The van der Waals surface area contributed by atoms with Crippen LogP contribution in [0.2, 0.25) is 10.0 Å². The van der Waals surface area contributed by atoms with Gasteiger partial charge in [-0.3, -0.25) is 9.52 Å². The Kier molecular flexibility index (Phi) is 8.36. The lowest BCUT2D eigenvalue weighted by Crippen LogP contribution is -2.22. The molecule has 1 saturated heterocycles. The summed E-state index contributed by atoms with van der Waals surface area (Å²) in [5, 5.41) is 3.58. The molecule has 1 aromatic carbocycles. The summed E-state index contributed by atoms with van der Waals surface area (Å²) < 4.78 is 39.5. The van der Waals surface area contributed by atoms with Crippen LogP contribution in [-0.2, 0) is 19.6 Å². The van der Waals surface area contributed by atoms with Crippen molar-refractivity contribution in [1.29, 1.82) is 0 Å². The summed E-state index contributed by atoms with van der Waals surface area (Å²) >= 11 is 13.5. The number of benzene rings is 1. The molecule has 1 amide bonds. The number of anilines is 2. The maximum atomic E-state index is 13.3. The molecule has 0 radical (unpaired) electrons. The highest BCUT2D eigenvalue weighted by molar-refractivity contribution is 7.92. The van der Waals surface area contributed by atoms with Crippen LogP contribution < -0.4 is 14.8 Å². The average Bonchev–Trinajstić information content (AvgIpc) is 3.21. The molecule has 0 unspecified atom stereocenters. The van der Waals surface area contributed by atoms with Crippen molar-refractivity contribution in [1.82, 2.24) is 9.97 Å². The van der Waals surface area contributed by atoms with Gasteiger partial charge in [0, 0.05) is 31.4 Å².